The van der Waals surface area contributed by atoms with Crippen LogP contribution in [0.4, 0.5) is 0 Å². The number of ether oxygens (including phenoxy) is 2. The SMILES string of the molecule is CC(N)=O.Cl.OC(CNCCOc1cc2ccc1o2)COc1ccccc1. The maximum atomic E-state index is 9.83. The summed E-state index contributed by atoms with van der Waals surface area (Å²) in [5.74, 6) is 1.20. The third-order valence-corrected chi connectivity index (χ3v) is 3.24. The third kappa shape index (κ3) is 8.63. The van der Waals surface area contributed by atoms with E-state index in [0.29, 0.717) is 19.7 Å². The summed E-state index contributed by atoms with van der Waals surface area (Å²) in [5.41, 5.74) is 6.07. The molecule has 1 unspecified atom stereocenters. The molecule has 3 aromatic rings. The van der Waals surface area contributed by atoms with Crippen LogP contribution in [0.2, 0.25) is 0 Å². The summed E-state index contributed by atoms with van der Waals surface area (Å²) < 4.78 is 16.5. The third-order valence-electron chi connectivity index (χ3n) is 3.24. The highest BCUT2D eigenvalue weighted by Gasteiger charge is 2.08. The maximum Gasteiger partial charge on any atom is 0.214 e. The number of aliphatic hydroxyl groups is 1. The number of benzene rings is 2. The molecule has 0 radical (unpaired) electrons. The summed E-state index contributed by atoms with van der Waals surface area (Å²) in [6, 6.07) is 15.1. The predicted octanol–water partition coefficient (Wildman–Crippen LogP) is 2.19. The molecular formula is C19H25ClN2O5. The van der Waals surface area contributed by atoms with Crippen LogP contribution < -0.4 is 20.5 Å². The number of para-hydroxylation sites is 1. The number of hydrogen-bond acceptors (Lipinski definition) is 6. The Labute approximate surface area is 164 Å². The number of amides is 1. The van der Waals surface area contributed by atoms with Crippen molar-refractivity contribution >= 4 is 29.5 Å². The van der Waals surface area contributed by atoms with Gasteiger partial charge < -0.3 is 30.0 Å². The molecule has 2 aromatic heterocycles. The first-order chi connectivity index (χ1) is 12.5. The van der Waals surface area contributed by atoms with Crippen LogP contribution in [0.15, 0.2) is 52.9 Å². The number of carbonyl (C=O) groups excluding carboxylic acids is 1. The molecule has 0 aliphatic heterocycles. The van der Waals surface area contributed by atoms with Gasteiger partial charge in [0.15, 0.2) is 11.3 Å². The summed E-state index contributed by atoms with van der Waals surface area (Å²) in [7, 11) is 0. The van der Waals surface area contributed by atoms with Crippen molar-refractivity contribution in [2.45, 2.75) is 13.0 Å². The minimum Gasteiger partial charge on any atom is -0.491 e. The second-order valence-corrected chi connectivity index (χ2v) is 5.65. The van der Waals surface area contributed by atoms with E-state index < -0.39 is 6.10 Å². The van der Waals surface area contributed by atoms with Gasteiger partial charge in [-0.15, -0.1) is 12.4 Å². The van der Waals surface area contributed by atoms with Crippen LogP contribution in [0, 0.1) is 0 Å². The molecule has 0 saturated heterocycles. The number of fused-ring (bicyclic) bond motifs is 2. The lowest BCUT2D eigenvalue weighted by molar-refractivity contribution is -0.115. The van der Waals surface area contributed by atoms with Crippen molar-refractivity contribution < 1.29 is 23.8 Å². The summed E-state index contributed by atoms with van der Waals surface area (Å²) >= 11 is 0. The molecule has 7 nitrogen and oxygen atoms in total. The van der Waals surface area contributed by atoms with Crippen LogP contribution in [0.5, 0.6) is 11.5 Å². The highest BCUT2D eigenvalue weighted by Crippen LogP contribution is 2.28. The van der Waals surface area contributed by atoms with E-state index >= 15 is 0 Å². The highest BCUT2D eigenvalue weighted by atomic mass is 35.5. The van der Waals surface area contributed by atoms with E-state index in [9.17, 15) is 9.90 Å². The second-order valence-electron chi connectivity index (χ2n) is 5.65. The van der Waals surface area contributed by atoms with Crippen molar-refractivity contribution in [2.24, 2.45) is 5.73 Å². The van der Waals surface area contributed by atoms with E-state index in [4.69, 9.17) is 13.9 Å². The van der Waals surface area contributed by atoms with Gasteiger partial charge in [-0.3, -0.25) is 4.79 Å². The van der Waals surface area contributed by atoms with Crippen LogP contribution in [-0.2, 0) is 4.79 Å². The van der Waals surface area contributed by atoms with Gasteiger partial charge in [0.1, 0.15) is 30.7 Å². The van der Waals surface area contributed by atoms with Crippen molar-refractivity contribution in [1.29, 1.82) is 0 Å². The molecular weight excluding hydrogens is 372 g/mol. The van der Waals surface area contributed by atoms with E-state index in [-0.39, 0.29) is 24.9 Å². The fourth-order valence-electron chi connectivity index (χ4n) is 2.15. The fraction of sp³-hybridized carbons (Fsp3) is 0.316. The Morgan fingerprint density at radius 3 is 2.52 bits per heavy atom. The number of carbonyl (C=O) groups is 1. The summed E-state index contributed by atoms with van der Waals surface area (Å²) in [4.78, 5) is 9.22. The van der Waals surface area contributed by atoms with Crippen molar-refractivity contribution in [3.63, 3.8) is 0 Å². The number of halogens is 1. The molecule has 1 aromatic carbocycles. The maximum absolute atomic E-state index is 9.83. The Morgan fingerprint density at radius 2 is 1.93 bits per heavy atom. The van der Waals surface area contributed by atoms with Gasteiger partial charge in [-0.05, 0) is 24.3 Å². The first-order valence-electron chi connectivity index (χ1n) is 8.32. The zero-order valence-electron chi connectivity index (χ0n) is 15.1. The van der Waals surface area contributed by atoms with E-state index in [1.165, 1.54) is 6.92 Å². The lowest BCUT2D eigenvalue weighted by Crippen LogP contribution is -2.33. The molecule has 2 heterocycles. The van der Waals surface area contributed by atoms with E-state index in [0.717, 1.165) is 22.7 Å². The van der Waals surface area contributed by atoms with Crippen LogP contribution in [0.3, 0.4) is 0 Å². The fourth-order valence-corrected chi connectivity index (χ4v) is 2.15. The zero-order chi connectivity index (χ0) is 18.8. The predicted molar refractivity (Wildman–Crippen MR) is 106 cm³/mol. The van der Waals surface area contributed by atoms with Gasteiger partial charge in [-0.25, -0.2) is 0 Å². The van der Waals surface area contributed by atoms with Crippen molar-refractivity contribution in [3.8, 4) is 11.5 Å². The molecule has 0 fully saturated rings. The Bertz CT molecular complexity index is 761. The largest absolute Gasteiger partial charge is 0.491 e. The zero-order valence-corrected chi connectivity index (χ0v) is 15.9. The van der Waals surface area contributed by atoms with Gasteiger partial charge in [0.2, 0.25) is 5.91 Å². The first kappa shape index (κ1) is 22.6. The molecule has 8 heteroatoms. The van der Waals surface area contributed by atoms with Crippen LogP contribution in [0.25, 0.3) is 11.2 Å². The minimum absolute atomic E-state index is 0. The number of nitrogens with one attached hydrogen (secondary N) is 1. The van der Waals surface area contributed by atoms with Crippen molar-refractivity contribution in [2.75, 3.05) is 26.3 Å². The molecule has 1 amide bonds. The number of hydrogen-bond donors (Lipinski definition) is 3. The normalized spacial score (nSPS) is 11.2. The van der Waals surface area contributed by atoms with Crippen LogP contribution in [0.1, 0.15) is 6.92 Å². The molecule has 148 valence electrons. The van der Waals surface area contributed by atoms with Crippen molar-refractivity contribution in [3.05, 3.63) is 48.5 Å². The summed E-state index contributed by atoms with van der Waals surface area (Å²) in [5, 5.41) is 13.0. The van der Waals surface area contributed by atoms with Crippen LogP contribution >= 0.6 is 12.4 Å². The lowest BCUT2D eigenvalue weighted by Gasteiger charge is -2.13. The standard InChI is InChI=1S/C17H19NO4.C2H5NO.ClH/c19-13(12-21-14-4-2-1-3-5-14)11-18-8-9-20-17-10-15-6-7-16(17)22-15;1-2(3)4;/h1-7,10,13,18-19H,8-9,11-12H2;1H3,(H2,3,4);1H. The van der Waals surface area contributed by atoms with Gasteiger partial charge in [-0.1, -0.05) is 18.2 Å². The van der Waals surface area contributed by atoms with E-state index in [1.54, 1.807) is 0 Å². The smallest absolute Gasteiger partial charge is 0.214 e. The lowest BCUT2D eigenvalue weighted by atomic mass is 10.3. The van der Waals surface area contributed by atoms with Gasteiger partial charge in [-0.2, -0.15) is 0 Å². The van der Waals surface area contributed by atoms with E-state index in [1.807, 2.05) is 48.5 Å². The van der Waals surface area contributed by atoms with Crippen LogP contribution in [-0.4, -0.2) is 43.4 Å². The molecule has 1 atom stereocenters. The summed E-state index contributed by atoms with van der Waals surface area (Å²) in [6.07, 6.45) is -0.557. The minimum atomic E-state index is -0.557. The molecule has 2 bridgehead atoms. The number of furan rings is 2. The first-order valence-corrected chi connectivity index (χ1v) is 8.32. The van der Waals surface area contributed by atoms with Gasteiger partial charge in [0.05, 0.1) is 0 Å². The molecule has 0 saturated carbocycles. The van der Waals surface area contributed by atoms with Crippen molar-refractivity contribution in [1.82, 2.24) is 5.32 Å². The Balaban J connectivity index is 0.000000666. The Morgan fingerprint density at radius 1 is 1.22 bits per heavy atom. The molecule has 0 aliphatic rings. The van der Waals surface area contributed by atoms with Gasteiger partial charge in [0.25, 0.3) is 0 Å². The number of aliphatic hydroxyl groups excluding tert-OH is 1. The molecule has 0 spiro atoms. The summed E-state index contributed by atoms with van der Waals surface area (Å²) in [6.45, 7) is 3.19. The molecule has 27 heavy (non-hydrogen) atoms. The van der Waals surface area contributed by atoms with E-state index in [2.05, 4.69) is 11.1 Å². The number of rotatable bonds is 9. The van der Waals surface area contributed by atoms with Gasteiger partial charge >= 0.3 is 0 Å². The Hall–Kier alpha value is -2.48. The number of primary amides is 1. The average molecular weight is 397 g/mol. The molecule has 4 N–H and O–H groups in total. The highest BCUT2D eigenvalue weighted by molar-refractivity contribution is 5.85. The number of nitrogens with two attached hydrogens (primary N) is 1. The average Bonchev–Trinajstić information content (AvgIpc) is 3.23. The topological polar surface area (TPSA) is 107 Å². The Kier molecular flexibility index (Phi) is 10.0. The second kappa shape index (κ2) is 12.0. The van der Waals surface area contributed by atoms with Gasteiger partial charge in [0, 0.05) is 26.1 Å². The quantitative estimate of drug-likeness (QED) is 0.478. The molecule has 3 rings (SSSR count). The monoisotopic (exact) mass is 396 g/mol. The molecule has 0 aliphatic carbocycles.